The van der Waals surface area contributed by atoms with Gasteiger partial charge in [0.2, 0.25) is 5.91 Å². The van der Waals surface area contributed by atoms with Crippen LogP contribution < -0.4 is 0 Å². The molecule has 0 heterocycles. The summed E-state index contributed by atoms with van der Waals surface area (Å²) in [5.74, 6) is -1.10. The SMILES string of the molecule is CC(=O)N(Cl)C(C(=O)OC(c1ccccc1)c1ccccc1)C(C)C. The van der Waals surface area contributed by atoms with E-state index in [2.05, 4.69) is 0 Å². The predicted octanol–water partition coefficient (Wildman–Crippen LogP) is 4.35. The Bertz CT molecular complexity index is 664. The summed E-state index contributed by atoms with van der Waals surface area (Å²) in [5.41, 5.74) is 1.71. The van der Waals surface area contributed by atoms with E-state index in [1.54, 1.807) is 0 Å². The lowest BCUT2D eigenvalue weighted by molar-refractivity contribution is -0.156. The van der Waals surface area contributed by atoms with E-state index in [0.29, 0.717) is 0 Å². The van der Waals surface area contributed by atoms with Crippen LogP contribution in [0.2, 0.25) is 0 Å². The highest BCUT2D eigenvalue weighted by molar-refractivity contribution is 6.22. The molecule has 0 aliphatic heterocycles. The maximum atomic E-state index is 12.8. The molecule has 132 valence electrons. The molecule has 0 bridgehead atoms. The summed E-state index contributed by atoms with van der Waals surface area (Å²) in [6, 6.07) is 18.1. The van der Waals surface area contributed by atoms with E-state index in [9.17, 15) is 9.59 Å². The Kier molecular flexibility index (Phi) is 6.59. The largest absolute Gasteiger partial charge is 0.451 e. The minimum absolute atomic E-state index is 0.180. The minimum Gasteiger partial charge on any atom is -0.451 e. The lowest BCUT2D eigenvalue weighted by Gasteiger charge is -2.28. The monoisotopic (exact) mass is 359 g/mol. The first-order valence-electron chi connectivity index (χ1n) is 8.17. The van der Waals surface area contributed by atoms with Crippen molar-refractivity contribution in [3.8, 4) is 0 Å². The second kappa shape index (κ2) is 8.67. The van der Waals surface area contributed by atoms with Gasteiger partial charge in [0, 0.05) is 18.7 Å². The standard InChI is InChI=1S/C20H22ClNO3/c1-14(2)18(22(21)15(3)23)20(24)25-19(16-10-6-4-7-11-16)17-12-8-5-9-13-17/h4-14,18-19H,1-3H3. The zero-order valence-corrected chi connectivity index (χ0v) is 15.3. The molecule has 2 aromatic carbocycles. The third kappa shape index (κ3) is 4.83. The zero-order chi connectivity index (χ0) is 18.4. The number of nitrogens with zero attached hydrogens (tertiary/aromatic N) is 1. The summed E-state index contributed by atoms with van der Waals surface area (Å²) in [5, 5.41) is 0. The van der Waals surface area contributed by atoms with Crippen molar-refractivity contribution in [2.75, 3.05) is 0 Å². The van der Waals surface area contributed by atoms with Crippen LogP contribution in [0, 0.1) is 5.92 Å². The van der Waals surface area contributed by atoms with Gasteiger partial charge in [0.25, 0.3) is 0 Å². The number of hydrogen-bond donors (Lipinski definition) is 0. The van der Waals surface area contributed by atoms with Gasteiger partial charge in [-0.05, 0) is 17.0 Å². The summed E-state index contributed by atoms with van der Waals surface area (Å²) >= 11 is 6.03. The molecule has 1 atom stereocenters. The third-order valence-electron chi connectivity index (χ3n) is 3.86. The zero-order valence-electron chi connectivity index (χ0n) is 14.6. The number of ether oxygens (including phenoxy) is 1. The van der Waals surface area contributed by atoms with E-state index in [1.807, 2.05) is 74.5 Å². The summed E-state index contributed by atoms with van der Waals surface area (Å²) in [6.07, 6.45) is -0.562. The molecule has 0 fully saturated rings. The van der Waals surface area contributed by atoms with E-state index in [-0.39, 0.29) is 5.92 Å². The fraction of sp³-hybridized carbons (Fsp3) is 0.300. The van der Waals surface area contributed by atoms with Crippen LogP contribution in [0.5, 0.6) is 0 Å². The lowest BCUT2D eigenvalue weighted by atomic mass is 10.0. The van der Waals surface area contributed by atoms with E-state index in [0.717, 1.165) is 15.5 Å². The highest BCUT2D eigenvalue weighted by Gasteiger charge is 2.33. The number of benzene rings is 2. The van der Waals surface area contributed by atoms with Gasteiger partial charge < -0.3 is 4.74 Å². The molecular formula is C20H22ClNO3. The topological polar surface area (TPSA) is 46.6 Å². The molecule has 0 aromatic heterocycles. The molecule has 25 heavy (non-hydrogen) atoms. The highest BCUT2D eigenvalue weighted by Crippen LogP contribution is 2.28. The maximum Gasteiger partial charge on any atom is 0.331 e. The Balaban J connectivity index is 2.33. The molecule has 2 aromatic rings. The lowest BCUT2D eigenvalue weighted by Crippen LogP contribution is -2.43. The Morgan fingerprint density at radius 2 is 1.36 bits per heavy atom. The molecule has 0 saturated carbocycles. The van der Waals surface area contributed by atoms with Crippen molar-refractivity contribution in [1.29, 1.82) is 0 Å². The maximum absolute atomic E-state index is 12.8. The number of amides is 1. The molecule has 0 aliphatic rings. The second-order valence-electron chi connectivity index (χ2n) is 6.16. The van der Waals surface area contributed by atoms with Crippen LogP contribution >= 0.6 is 11.8 Å². The molecule has 1 unspecified atom stereocenters. The van der Waals surface area contributed by atoms with Crippen LogP contribution in [-0.4, -0.2) is 22.3 Å². The first kappa shape index (κ1) is 19.0. The van der Waals surface area contributed by atoms with Gasteiger partial charge in [0.1, 0.15) is 6.04 Å². The van der Waals surface area contributed by atoms with Gasteiger partial charge >= 0.3 is 5.97 Å². The Hall–Kier alpha value is -2.33. The number of hydrogen-bond acceptors (Lipinski definition) is 3. The Labute approximate surface area is 153 Å². The minimum atomic E-state index is -0.853. The van der Waals surface area contributed by atoms with E-state index in [1.165, 1.54) is 6.92 Å². The summed E-state index contributed by atoms with van der Waals surface area (Å²) in [6.45, 7) is 4.97. The van der Waals surface area contributed by atoms with Crippen molar-refractivity contribution in [2.24, 2.45) is 5.92 Å². The molecule has 1 amide bonds. The summed E-state index contributed by atoms with van der Waals surface area (Å²) < 4.78 is 6.72. The molecule has 0 aliphatic carbocycles. The predicted molar refractivity (Wildman–Crippen MR) is 97.8 cm³/mol. The van der Waals surface area contributed by atoms with Gasteiger partial charge in [0.15, 0.2) is 6.10 Å². The fourth-order valence-electron chi connectivity index (χ4n) is 2.59. The molecule has 0 spiro atoms. The van der Waals surface area contributed by atoms with Crippen molar-refractivity contribution in [3.63, 3.8) is 0 Å². The average Bonchev–Trinajstić information content (AvgIpc) is 2.60. The molecular weight excluding hydrogens is 338 g/mol. The quantitative estimate of drug-likeness (QED) is 0.569. The van der Waals surface area contributed by atoms with Crippen molar-refractivity contribution >= 4 is 23.7 Å². The van der Waals surface area contributed by atoms with Gasteiger partial charge in [-0.15, -0.1) is 0 Å². The normalized spacial score (nSPS) is 12.1. The van der Waals surface area contributed by atoms with E-state index in [4.69, 9.17) is 16.5 Å². The summed E-state index contributed by atoms with van der Waals surface area (Å²) in [4.78, 5) is 24.4. The van der Waals surface area contributed by atoms with Gasteiger partial charge in [-0.25, -0.2) is 9.21 Å². The van der Waals surface area contributed by atoms with Crippen LogP contribution in [-0.2, 0) is 14.3 Å². The molecule has 5 heteroatoms. The van der Waals surface area contributed by atoms with Gasteiger partial charge in [-0.1, -0.05) is 74.5 Å². The second-order valence-corrected chi connectivity index (χ2v) is 6.52. The van der Waals surface area contributed by atoms with Crippen molar-refractivity contribution in [3.05, 3.63) is 71.8 Å². The van der Waals surface area contributed by atoms with Gasteiger partial charge in [-0.2, -0.15) is 0 Å². The third-order valence-corrected chi connectivity index (χ3v) is 4.30. The number of esters is 1. The first-order valence-corrected chi connectivity index (χ1v) is 8.51. The smallest absolute Gasteiger partial charge is 0.331 e. The number of carbonyl (C=O) groups is 2. The first-order chi connectivity index (χ1) is 11.9. The number of halogens is 1. The van der Waals surface area contributed by atoms with Crippen LogP contribution in [0.25, 0.3) is 0 Å². The average molecular weight is 360 g/mol. The Morgan fingerprint density at radius 1 is 0.920 bits per heavy atom. The van der Waals surface area contributed by atoms with E-state index >= 15 is 0 Å². The summed E-state index contributed by atoms with van der Waals surface area (Å²) in [7, 11) is 0. The Morgan fingerprint density at radius 3 is 1.72 bits per heavy atom. The molecule has 4 nitrogen and oxygen atoms in total. The molecule has 0 saturated heterocycles. The number of carbonyl (C=O) groups excluding carboxylic acids is 2. The molecule has 0 radical (unpaired) electrons. The molecule has 2 rings (SSSR count). The van der Waals surface area contributed by atoms with Crippen molar-refractivity contribution in [2.45, 2.75) is 32.9 Å². The van der Waals surface area contributed by atoms with Crippen molar-refractivity contribution < 1.29 is 14.3 Å². The van der Waals surface area contributed by atoms with Crippen molar-refractivity contribution in [1.82, 2.24) is 4.42 Å². The van der Waals surface area contributed by atoms with Crippen LogP contribution in [0.3, 0.4) is 0 Å². The van der Waals surface area contributed by atoms with Crippen LogP contribution in [0.15, 0.2) is 60.7 Å². The van der Waals surface area contributed by atoms with E-state index < -0.39 is 24.0 Å². The molecule has 0 N–H and O–H groups in total. The highest BCUT2D eigenvalue weighted by atomic mass is 35.5. The van der Waals surface area contributed by atoms with Crippen LogP contribution in [0.4, 0.5) is 0 Å². The fourth-order valence-corrected chi connectivity index (χ4v) is 2.90. The van der Waals surface area contributed by atoms with Gasteiger partial charge in [0.05, 0.1) is 0 Å². The van der Waals surface area contributed by atoms with Crippen LogP contribution in [0.1, 0.15) is 38.0 Å². The number of rotatable bonds is 6. The van der Waals surface area contributed by atoms with Gasteiger partial charge in [-0.3, -0.25) is 4.79 Å².